The normalized spacial score (nSPS) is 19.5. The molecular formula is C21H19ClN2O3S. The Balaban J connectivity index is 1.81. The number of hydrogen-bond donors (Lipinski definition) is 3. The van der Waals surface area contributed by atoms with Gasteiger partial charge in [-0.3, -0.25) is 4.98 Å². The zero-order chi connectivity index (χ0) is 19.7. The van der Waals surface area contributed by atoms with Crippen molar-refractivity contribution in [1.29, 1.82) is 0 Å². The minimum atomic E-state index is -0.984. The van der Waals surface area contributed by atoms with E-state index < -0.39 is 5.97 Å². The number of para-hydroxylation sites is 1. The summed E-state index contributed by atoms with van der Waals surface area (Å²) in [6.45, 7) is 0.643. The lowest BCUT2D eigenvalue weighted by atomic mass is 9.94. The highest BCUT2D eigenvalue weighted by molar-refractivity contribution is 7.80. The maximum absolute atomic E-state index is 11.6. The summed E-state index contributed by atoms with van der Waals surface area (Å²) in [5, 5.41) is 14.2. The molecule has 4 rings (SSSR count). The molecule has 2 N–H and O–H groups in total. The van der Waals surface area contributed by atoms with Crippen LogP contribution in [0.15, 0.2) is 48.5 Å². The molecule has 7 heteroatoms. The number of fused-ring (bicyclic) bond motifs is 1. The van der Waals surface area contributed by atoms with Gasteiger partial charge in [0.25, 0.3) is 0 Å². The van der Waals surface area contributed by atoms with E-state index in [1.807, 2.05) is 18.2 Å². The highest BCUT2D eigenvalue weighted by atomic mass is 35.5. The van der Waals surface area contributed by atoms with Crippen molar-refractivity contribution in [2.24, 2.45) is 0 Å². The average molecular weight is 415 g/mol. The van der Waals surface area contributed by atoms with Crippen LogP contribution in [0.1, 0.15) is 34.8 Å². The van der Waals surface area contributed by atoms with Crippen molar-refractivity contribution in [1.82, 2.24) is 4.98 Å². The Labute approximate surface area is 173 Å². The predicted octanol–water partition coefficient (Wildman–Crippen LogP) is 5.48. The van der Waals surface area contributed by atoms with Crippen molar-refractivity contribution in [3.8, 4) is 0 Å². The van der Waals surface area contributed by atoms with E-state index >= 15 is 0 Å². The number of nitrogens with one attached hydrogen (secondary N) is 1. The van der Waals surface area contributed by atoms with Crippen LogP contribution in [0.4, 0.5) is 11.4 Å². The van der Waals surface area contributed by atoms with E-state index in [0.29, 0.717) is 17.3 Å². The Bertz CT molecular complexity index is 1040. The standard InChI is InChI=1S/C21H19ClN2O3S/c22-13-5-6-17-15(10-13)19(24-16-4-2-1-3-14(16)21(25)26)11-18(23-17)12-7-8-27-20(28)9-12/h1-6,10-12,20,28H,7-9H2,(H,23,24)(H,25,26). The van der Waals surface area contributed by atoms with Gasteiger partial charge in [-0.25, -0.2) is 4.79 Å². The number of nitrogens with zero attached hydrogens (tertiary/aromatic N) is 1. The first-order valence-electron chi connectivity index (χ1n) is 9.00. The van der Waals surface area contributed by atoms with Crippen molar-refractivity contribution < 1.29 is 14.6 Å². The summed E-state index contributed by atoms with van der Waals surface area (Å²) in [6.07, 6.45) is 1.65. The smallest absolute Gasteiger partial charge is 0.337 e. The van der Waals surface area contributed by atoms with E-state index in [9.17, 15) is 9.90 Å². The van der Waals surface area contributed by atoms with Crippen molar-refractivity contribution in [3.05, 3.63) is 64.8 Å². The van der Waals surface area contributed by atoms with Crippen LogP contribution in [0.2, 0.25) is 5.02 Å². The van der Waals surface area contributed by atoms with Gasteiger partial charge in [0.05, 0.1) is 16.8 Å². The zero-order valence-corrected chi connectivity index (χ0v) is 16.6. The Morgan fingerprint density at radius 3 is 2.82 bits per heavy atom. The molecule has 0 aliphatic carbocycles. The average Bonchev–Trinajstić information content (AvgIpc) is 2.68. The molecule has 28 heavy (non-hydrogen) atoms. The predicted molar refractivity (Wildman–Crippen MR) is 114 cm³/mol. The van der Waals surface area contributed by atoms with Crippen LogP contribution >= 0.6 is 24.2 Å². The van der Waals surface area contributed by atoms with Gasteiger partial charge in [0.15, 0.2) is 0 Å². The molecule has 3 aromatic rings. The number of halogens is 1. The highest BCUT2D eigenvalue weighted by Crippen LogP contribution is 2.36. The Hall–Kier alpha value is -2.28. The third kappa shape index (κ3) is 3.94. The number of aromatic nitrogens is 1. The largest absolute Gasteiger partial charge is 0.478 e. The molecule has 0 spiro atoms. The maximum Gasteiger partial charge on any atom is 0.337 e. The van der Waals surface area contributed by atoms with E-state index in [2.05, 4.69) is 17.9 Å². The number of ether oxygens (including phenoxy) is 1. The molecule has 1 aromatic heterocycles. The lowest BCUT2D eigenvalue weighted by Crippen LogP contribution is -2.21. The molecule has 1 saturated heterocycles. The molecule has 1 aliphatic rings. The van der Waals surface area contributed by atoms with E-state index in [1.54, 1.807) is 30.3 Å². The number of hydrogen-bond acceptors (Lipinski definition) is 5. The second-order valence-electron chi connectivity index (χ2n) is 6.78. The van der Waals surface area contributed by atoms with Crippen molar-refractivity contribution in [3.63, 3.8) is 0 Å². The van der Waals surface area contributed by atoms with E-state index in [0.717, 1.165) is 35.1 Å². The molecule has 0 bridgehead atoms. The lowest BCUT2D eigenvalue weighted by Gasteiger charge is -2.27. The fourth-order valence-electron chi connectivity index (χ4n) is 3.50. The van der Waals surface area contributed by atoms with Crippen molar-refractivity contribution in [2.45, 2.75) is 24.2 Å². The van der Waals surface area contributed by atoms with Gasteiger partial charge in [0, 0.05) is 34.3 Å². The molecule has 0 radical (unpaired) electrons. The third-order valence-corrected chi connectivity index (χ3v) is 5.49. The number of carbonyl (C=O) groups is 1. The Morgan fingerprint density at radius 2 is 2.04 bits per heavy atom. The number of rotatable bonds is 4. The van der Waals surface area contributed by atoms with Gasteiger partial charge >= 0.3 is 5.97 Å². The second kappa shape index (κ2) is 7.99. The summed E-state index contributed by atoms with van der Waals surface area (Å²) in [6, 6.07) is 14.3. The van der Waals surface area contributed by atoms with Crippen LogP contribution in [0, 0.1) is 0 Å². The molecule has 2 heterocycles. The summed E-state index contributed by atoms with van der Waals surface area (Å²) in [4.78, 5) is 16.4. The second-order valence-corrected chi connectivity index (χ2v) is 7.79. The molecule has 1 aliphatic heterocycles. The number of thiol groups is 1. The number of pyridine rings is 1. The molecule has 0 amide bonds. The van der Waals surface area contributed by atoms with Crippen LogP contribution in [-0.4, -0.2) is 28.1 Å². The number of carboxylic acids is 1. The van der Waals surface area contributed by atoms with E-state index in [4.69, 9.17) is 21.3 Å². The summed E-state index contributed by atoms with van der Waals surface area (Å²) in [5.74, 6) is -0.756. The molecule has 2 atom stereocenters. The topological polar surface area (TPSA) is 71.5 Å². The van der Waals surface area contributed by atoms with Gasteiger partial charge in [0.2, 0.25) is 0 Å². The summed E-state index contributed by atoms with van der Waals surface area (Å²) < 4.78 is 5.54. The molecule has 144 valence electrons. The number of carboxylic acid groups (broad SMARTS) is 1. The summed E-state index contributed by atoms with van der Waals surface area (Å²) in [7, 11) is 0. The van der Waals surface area contributed by atoms with Crippen LogP contribution in [0.3, 0.4) is 0 Å². The monoisotopic (exact) mass is 414 g/mol. The van der Waals surface area contributed by atoms with Gasteiger partial charge < -0.3 is 15.2 Å². The molecule has 1 fully saturated rings. The first kappa shape index (κ1) is 19.1. The number of aromatic carboxylic acids is 1. The minimum absolute atomic E-state index is 0.106. The summed E-state index contributed by atoms with van der Waals surface area (Å²) in [5.41, 5.74) is 3.14. The Morgan fingerprint density at radius 1 is 1.21 bits per heavy atom. The molecule has 2 unspecified atom stereocenters. The minimum Gasteiger partial charge on any atom is -0.478 e. The third-order valence-electron chi connectivity index (χ3n) is 4.90. The quantitative estimate of drug-likeness (QED) is 0.493. The number of anilines is 2. The molecule has 5 nitrogen and oxygen atoms in total. The van der Waals surface area contributed by atoms with Crippen LogP contribution in [-0.2, 0) is 4.74 Å². The fraction of sp³-hybridized carbons (Fsp3) is 0.238. The fourth-order valence-corrected chi connectivity index (χ4v) is 4.03. The van der Waals surface area contributed by atoms with Crippen molar-refractivity contribution >= 4 is 52.5 Å². The van der Waals surface area contributed by atoms with Gasteiger partial charge in [-0.1, -0.05) is 23.7 Å². The first-order valence-corrected chi connectivity index (χ1v) is 9.90. The van der Waals surface area contributed by atoms with Gasteiger partial charge in [-0.15, -0.1) is 12.6 Å². The van der Waals surface area contributed by atoms with Crippen LogP contribution < -0.4 is 5.32 Å². The zero-order valence-electron chi connectivity index (χ0n) is 14.9. The number of benzene rings is 2. The SMILES string of the molecule is O=C(O)c1ccccc1Nc1cc(C2CCOC(S)C2)nc2ccc(Cl)cc12. The summed E-state index contributed by atoms with van der Waals surface area (Å²) >= 11 is 10.7. The van der Waals surface area contributed by atoms with Crippen LogP contribution in [0.25, 0.3) is 10.9 Å². The van der Waals surface area contributed by atoms with Gasteiger partial charge in [-0.2, -0.15) is 0 Å². The molecule has 2 aromatic carbocycles. The highest BCUT2D eigenvalue weighted by Gasteiger charge is 2.24. The van der Waals surface area contributed by atoms with Crippen LogP contribution in [0.5, 0.6) is 0 Å². The molecular weight excluding hydrogens is 396 g/mol. The van der Waals surface area contributed by atoms with E-state index in [1.165, 1.54) is 0 Å². The maximum atomic E-state index is 11.6. The van der Waals surface area contributed by atoms with Gasteiger partial charge in [-0.05, 0) is 49.2 Å². The van der Waals surface area contributed by atoms with Gasteiger partial charge in [0.1, 0.15) is 5.44 Å². The van der Waals surface area contributed by atoms with Crippen molar-refractivity contribution in [2.75, 3.05) is 11.9 Å². The van der Waals surface area contributed by atoms with E-state index in [-0.39, 0.29) is 16.9 Å². The Kier molecular flexibility index (Phi) is 5.44. The first-order chi connectivity index (χ1) is 13.5. The lowest BCUT2D eigenvalue weighted by molar-refractivity contribution is 0.0624. The molecule has 0 saturated carbocycles.